The van der Waals surface area contributed by atoms with Gasteiger partial charge in [-0.05, 0) is 40.0 Å². The molecule has 0 aliphatic carbocycles. The normalized spacial score (nSPS) is 11.0. The number of para-hydroxylation sites is 1. The van der Waals surface area contributed by atoms with Crippen LogP contribution in [-0.2, 0) is 17.8 Å². The summed E-state index contributed by atoms with van der Waals surface area (Å²) in [6, 6.07) is 10.3. The van der Waals surface area contributed by atoms with E-state index < -0.39 is 0 Å². The molecule has 1 aromatic carbocycles. The van der Waals surface area contributed by atoms with Crippen molar-refractivity contribution in [1.82, 2.24) is 9.88 Å². The Morgan fingerprint density at radius 1 is 1.36 bits per heavy atom. The fraction of sp³-hybridized carbons (Fsp3) is 0.235. The van der Waals surface area contributed by atoms with Crippen LogP contribution in [0.15, 0.2) is 46.4 Å². The number of aryl methyl sites for hydroxylation is 1. The molecule has 3 rings (SSSR count). The predicted molar refractivity (Wildman–Crippen MR) is 95.1 cm³/mol. The van der Waals surface area contributed by atoms with E-state index in [9.17, 15) is 4.79 Å². The summed E-state index contributed by atoms with van der Waals surface area (Å²) in [7, 11) is 1.87. The average Bonchev–Trinajstić information content (AvgIpc) is 3.11. The molecule has 0 fully saturated rings. The molecule has 114 valence electrons. The summed E-state index contributed by atoms with van der Waals surface area (Å²) < 4.78 is 1.08. The minimum Gasteiger partial charge on any atom is -0.361 e. The highest BCUT2D eigenvalue weighted by atomic mass is 79.9. The Bertz CT molecular complexity index is 793. The Labute approximate surface area is 142 Å². The van der Waals surface area contributed by atoms with Crippen LogP contribution in [0.2, 0.25) is 0 Å². The van der Waals surface area contributed by atoms with Crippen LogP contribution in [0.1, 0.15) is 16.9 Å². The maximum Gasteiger partial charge on any atom is 0.222 e. The number of benzene rings is 1. The lowest BCUT2D eigenvalue weighted by Gasteiger charge is -2.16. The number of nitrogens with one attached hydrogen (secondary N) is 1. The zero-order valence-corrected chi connectivity index (χ0v) is 14.7. The summed E-state index contributed by atoms with van der Waals surface area (Å²) in [5.74, 6) is 0.176. The highest BCUT2D eigenvalue weighted by molar-refractivity contribution is 9.10. The van der Waals surface area contributed by atoms with Crippen molar-refractivity contribution in [2.24, 2.45) is 0 Å². The number of amides is 1. The van der Waals surface area contributed by atoms with Crippen LogP contribution in [-0.4, -0.2) is 22.8 Å². The summed E-state index contributed by atoms with van der Waals surface area (Å²) in [5, 5.41) is 3.25. The summed E-state index contributed by atoms with van der Waals surface area (Å²) in [4.78, 5) is 18.5. The van der Waals surface area contributed by atoms with Gasteiger partial charge in [0.1, 0.15) is 0 Å². The third-order valence-electron chi connectivity index (χ3n) is 3.72. The Balaban J connectivity index is 1.59. The molecule has 22 heavy (non-hydrogen) atoms. The number of carbonyl (C=O) groups excluding carboxylic acids is 1. The van der Waals surface area contributed by atoms with E-state index in [2.05, 4.69) is 39.1 Å². The number of rotatable bonds is 5. The molecule has 1 amide bonds. The molecular formula is C17H17BrN2OS. The van der Waals surface area contributed by atoms with Crippen LogP contribution >= 0.6 is 27.3 Å². The van der Waals surface area contributed by atoms with Crippen LogP contribution in [0, 0.1) is 0 Å². The smallest absolute Gasteiger partial charge is 0.222 e. The Morgan fingerprint density at radius 3 is 2.95 bits per heavy atom. The second-order valence-electron chi connectivity index (χ2n) is 5.34. The highest BCUT2D eigenvalue weighted by Gasteiger charge is 2.12. The first-order valence-electron chi connectivity index (χ1n) is 7.15. The number of aromatic nitrogens is 1. The Morgan fingerprint density at radius 2 is 2.18 bits per heavy atom. The lowest BCUT2D eigenvalue weighted by atomic mass is 10.1. The molecule has 2 aromatic heterocycles. The molecule has 0 radical (unpaired) electrons. The van der Waals surface area contributed by atoms with E-state index in [0.717, 1.165) is 16.4 Å². The number of hydrogen-bond donors (Lipinski definition) is 1. The van der Waals surface area contributed by atoms with Gasteiger partial charge < -0.3 is 9.88 Å². The third kappa shape index (κ3) is 3.42. The Hall–Kier alpha value is -1.59. The fourth-order valence-corrected chi connectivity index (χ4v) is 4.03. The molecule has 3 nitrogen and oxygen atoms in total. The summed E-state index contributed by atoms with van der Waals surface area (Å²) in [6.07, 6.45) is 3.31. The molecule has 5 heteroatoms. The van der Waals surface area contributed by atoms with Crippen LogP contribution < -0.4 is 0 Å². The zero-order chi connectivity index (χ0) is 15.5. The van der Waals surface area contributed by atoms with Crippen molar-refractivity contribution < 1.29 is 4.79 Å². The standard InChI is InChI=1S/C17H17BrN2OS/c1-20(10-14-8-13(18)11-22-14)17(21)7-6-12-9-19-16-5-3-2-4-15(12)16/h2-5,8-9,11,19H,6-7,10H2,1H3. The Kier molecular flexibility index (Phi) is 4.64. The van der Waals surface area contributed by atoms with Crippen LogP contribution in [0.25, 0.3) is 10.9 Å². The number of hydrogen-bond acceptors (Lipinski definition) is 2. The molecule has 0 spiro atoms. The van der Waals surface area contributed by atoms with Gasteiger partial charge in [0.25, 0.3) is 0 Å². The van der Waals surface area contributed by atoms with E-state index in [4.69, 9.17) is 0 Å². The second-order valence-corrected chi connectivity index (χ2v) is 7.25. The molecule has 2 heterocycles. The first-order chi connectivity index (χ1) is 10.6. The quantitative estimate of drug-likeness (QED) is 0.694. The molecule has 3 aromatic rings. The largest absolute Gasteiger partial charge is 0.361 e. The van der Waals surface area contributed by atoms with E-state index in [1.54, 1.807) is 16.2 Å². The summed E-state index contributed by atoms with van der Waals surface area (Å²) >= 11 is 5.11. The van der Waals surface area contributed by atoms with Gasteiger partial charge in [-0.1, -0.05) is 18.2 Å². The topological polar surface area (TPSA) is 36.1 Å². The average molecular weight is 377 g/mol. The van der Waals surface area contributed by atoms with Crippen molar-refractivity contribution in [3.63, 3.8) is 0 Å². The van der Waals surface area contributed by atoms with Crippen molar-refractivity contribution in [3.8, 4) is 0 Å². The molecule has 0 saturated heterocycles. The van der Waals surface area contributed by atoms with Gasteiger partial charge in [-0.3, -0.25) is 4.79 Å². The number of nitrogens with zero attached hydrogens (tertiary/aromatic N) is 1. The van der Waals surface area contributed by atoms with E-state index in [1.165, 1.54) is 15.8 Å². The van der Waals surface area contributed by atoms with Gasteiger partial charge in [0, 0.05) is 45.3 Å². The molecular weight excluding hydrogens is 360 g/mol. The van der Waals surface area contributed by atoms with E-state index in [-0.39, 0.29) is 5.91 Å². The number of thiophene rings is 1. The zero-order valence-electron chi connectivity index (χ0n) is 12.3. The molecule has 0 bridgehead atoms. The molecule has 0 aliphatic rings. The van der Waals surface area contributed by atoms with Crippen LogP contribution in [0.4, 0.5) is 0 Å². The first-order valence-corrected chi connectivity index (χ1v) is 8.82. The van der Waals surface area contributed by atoms with Crippen molar-refractivity contribution in [3.05, 3.63) is 56.8 Å². The predicted octanol–water partition coefficient (Wildman–Crippen LogP) is 4.58. The molecule has 0 aliphatic heterocycles. The minimum atomic E-state index is 0.176. The second kappa shape index (κ2) is 6.67. The molecule has 0 atom stereocenters. The van der Waals surface area contributed by atoms with Crippen molar-refractivity contribution >= 4 is 44.1 Å². The summed E-state index contributed by atoms with van der Waals surface area (Å²) in [6.45, 7) is 0.670. The van der Waals surface area contributed by atoms with Gasteiger partial charge >= 0.3 is 0 Å². The number of H-pyrrole nitrogens is 1. The lowest BCUT2D eigenvalue weighted by molar-refractivity contribution is -0.130. The van der Waals surface area contributed by atoms with E-state index in [0.29, 0.717) is 13.0 Å². The van der Waals surface area contributed by atoms with Crippen molar-refractivity contribution in [1.29, 1.82) is 0 Å². The SMILES string of the molecule is CN(Cc1cc(Br)cs1)C(=O)CCc1c[nH]c2ccccc12. The minimum absolute atomic E-state index is 0.176. The first kappa shape index (κ1) is 15.3. The number of carbonyl (C=O) groups is 1. The van der Waals surface area contributed by atoms with Gasteiger partial charge in [-0.15, -0.1) is 11.3 Å². The van der Waals surface area contributed by atoms with Crippen molar-refractivity contribution in [2.75, 3.05) is 7.05 Å². The fourth-order valence-electron chi connectivity index (χ4n) is 2.53. The molecule has 1 N–H and O–H groups in total. The van der Waals surface area contributed by atoms with Gasteiger partial charge in [0.05, 0.1) is 6.54 Å². The number of halogens is 1. The van der Waals surface area contributed by atoms with Gasteiger partial charge in [0.2, 0.25) is 5.91 Å². The van der Waals surface area contributed by atoms with E-state index in [1.807, 2.05) is 30.8 Å². The third-order valence-corrected chi connectivity index (χ3v) is 5.41. The van der Waals surface area contributed by atoms with Crippen LogP contribution in [0.3, 0.4) is 0 Å². The monoisotopic (exact) mass is 376 g/mol. The maximum atomic E-state index is 12.3. The highest BCUT2D eigenvalue weighted by Crippen LogP contribution is 2.22. The van der Waals surface area contributed by atoms with Crippen LogP contribution in [0.5, 0.6) is 0 Å². The maximum absolute atomic E-state index is 12.3. The number of fused-ring (bicyclic) bond motifs is 1. The number of aromatic amines is 1. The van der Waals surface area contributed by atoms with Gasteiger partial charge in [-0.2, -0.15) is 0 Å². The lowest BCUT2D eigenvalue weighted by Crippen LogP contribution is -2.25. The molecule has 0 unspecified atom stereocenters. The molecule has 0 saturated carbocycles. The van der Waals surface area contributed by atoms with E-state index >= 15 is 0 Å². The van der Waals surface area contributed by atoms with Gasteiger partial charge in [-0.25, -0.2) is 0 Å². The van der Waals surface area contributed by atoms with Crippen molar-refractivity contribution in [2.45, 2.75) is 19.4 Å². The summed E-state index contributed by atoms with van der Waals surface area (Å²) in [5.41, 5.74) is 2.33. The van der Waals surface area contributed by atoms with Gasteiger partial charge in [0.15, 0.2) is 0 Å².